The van der Waals surface area contributed by atoms with Crippen molar-refractivity contribution in [1.82, 2.24) is 4.98 Å². The Hall–Kier alpha value is -2.17. The van der Waals surface area contributed by atoms with Crippen molar-refractivity contribution in [2.75, 3.05) is 0 Å². The largest absolute Gasteiger partial charge is 0.416 e. The Morgan fingerprint density at radius 2 is 2.05 bits per heavy atom. The molecule has 0 saturated carbocycles. The number of pyridine rings is 1. The van der Waals surface area contributed by atoms with E-state index >= 15 is 0 Å². The lowest BCUT2D eigenvalue weighted by Crippen LogP contribution is -2.11. The molecule has 0 aliphatic carbocycles. The van der Waals surface area contributed by atoms with Crippen LogP contribution in [0.1, 0.15) is 22.3 Å². The van der Waals surface area contributed by atoms with Crippen LogP contribution in [0.4, 0.5) is 18.9 Å². The fraction of sp³-hybridized carbons (Fsp3) is 0.250. The van der Waals surface area contributed by atoms with Gasteiger partial charge in [0, 0.05) is 30.9 Å². The van der Waals surface area contributed by atoms with E-state index in [-0.39, 0.29) is 12.0 Å². The fourth-order valence-electron chi connectivity index (χ4n) is 2.59. The van der Waals surface area contributed by atoms with E-state index in [0.29, 0.717) is 17.7 Å². The topological polar surface area (TPSA) is 25.2 Å². The van der Waals surface area contributed by atoms with Crippen LogP contribution in [-0.2, 0) is 19.0 Å². The highest BCUT2D eigenvalue weighted by Crippen LogP contribution is 2.40. The molecule has 0 amide bonds. The maximum atomic E-state index is 13.1. The van der Waals surface area contributed by atoms with Gasteiger partial charge in [-0.3, -0.25) is 9.98 Å². The monoisotopic (exact) mass is 290 g/mol. The van der Waals surface area contributed by atoms with E-state index in [0.717, 1.165) is 11.3 Å². The number of rotatable bonds is 2. The third-order valence-electron chi connectivity index (χ3n) is 3.47. The molecule has 21 heavy (non-hydrogen) atoms. The molecule has 0 fully saturated rings. The summed E-state index contributed by atoms with van der Waals surface area (Å²) in [4.78, 5) is 8.38. The summed E-state index contributed by atoms with van der Waals surface area (Å²) in [5.41, 5.74) is 2.44. The van der Waals surface area contributed by atoms with E-state index in [1.54, 1.807) is 25.4 Å². The standard InChI is InChI=1S/C16H13F3N2/c1-10-5-14(16(17,18)19)13-8-12(21-15(13)6-10)7-11-3-2-4-20-9-11/h2-6,9H,7-8H2,1H3. The Kier molecular flexibility index (Phi) is 3.27. The minimum Gasteiger partial charge on any atom is -0.264 e. The Morgan fingerprint density at radius 1 is 1.24 bits per heavy atom. The van der Waals surface area contributed by atoms with Gasteiger partial charge in [-0.2, -0.15) is 13.2 Å². The maximum absolute atomic E-state index is 13.1. The molecule has 1 aromatic carbocycles. The number of benzene rings is 1. The number of halogens is 3. The van der Waals surface area contributed by atoms with Crippen molar-refractivity contribution in [1.29, 1.82) is 0 Å². The molecule has 2 nitrogen and oxygen atoms in total. The summed E-state index contributed by atoms with van der Waals surface area (Å²) < 4.78 is 39.3. The highest BCUT2D eigenvalue weighted by atomic mass is 19.4. The number of alkyl halides is 3. The van der Waals surface area contributed by atoms with Gasteiger partial charge in [-0.1, -0.05) is 6.07 Å². The third kappa shape index (κ3) is 2.82. The van der Waals surface area contributed by atoms with E-state index < -0.39 is 11.7 Å². The summed E-state index contributed by atoms with van der Waals surface area (Å²) in [5.74, 6) is 0. The van der Waals surface area contributed by atoms with Crippen LogP contribution in [0.2, 0.25) is 0 Å². The first-order valence-corrected chi connectivity index (χ1v) is 6.59. The van der Waals surface area contributed by atoms with Crippen LogP contribution >= 0.6 is 0 Å². The molecule has 1 aliphatic heterocycles. The molecular weight excluding hydrogens is 277 g/mol. The number of fused-ring (bicyclic) bond motifs is 1. The Bertz CT molecular complexity index is 703. The first-order chi connectivity index (χ1) is 9.93. The predicted octanol–water partition coefficient (Wildman–Crippen LogP) is 4.28. The Balaban J connectivity index is 1.93. The minimum absolute atomic E-state index is 0.249. The van der Waals surface area contributed by atoms with Gasteiger partial charge in [0.15, 0.2) is 0 Å². The average Bonchev–Trinajstić information content (AvgIpc) is 2.79. The van der Waals surface area contributed by atoms with Gasteiger partial charge >= 0.3 is 6.18 Å². The fourth-order valence-corrected chi connectivity index (χ4v) is 2.59. The molecule has 1 aromatic heterocycles. The Labute approximate surface area is 120 Å². The zero-order valence-electron chi connectivity index (χ0n) is 11.4. The molecule has 0 radical (unpaired) electrons. The number of nitrogens with zero attached hydrogens (tertiary/aromatic N) is 2. The SMILES string of the molecule is Cc1cc2c(c(C(F)(F)F)c1)CC(Cc1cccnc1)=N2. The molecule has 2 heterocycles. The van der Waals surface area contributed by atoms with E-state index in [9.17, 15) is 13.2 Å². The molecule has 3 rings (SSSR count). The molecule has 0 N–H and O–H groups in total. The zero-order chi connectivity index (χ0) is 15.0. The van der Waals surface area contributed by atoms with Gasteiger partial charge in [0.1, 0.15) is 0 Å². The van der Waals surface area contributed by atoms with Gasteiger partial charge in [0.25, 0.3) is 0 Å². The average molecular weight is 290 g/mol. The lowest BCUT2D eigenvalue weighted by atomic mass is 9.98. The van der Waals surface area contributed by atoms with Gasteiger partial charge in [0.05, 0.1) is 11.3 Å². The molecule has 1 aliphatic rings. The Morgan fingerprint density at radius 3 is 2.71 bits per heavy atom. The normalized spacial score (nSPS) is 14.0. The van der Waals surface area contributed by atoms with Crippen LogP contribution in [0.25, 0.3) is 0 Å². The highest BCUT2D eigenvalue weighted by molar-refractivity contribution is 5.96. The van der Waals surface area contributed by atoms with E-state index in [2.05, 4.69) is 9.98 Å². The number of aromatic nitrogens is 1. The summed E-state index contributed by atoms with van der Waals surface area (Å²) in [6.45, 7) is 1.66. The molecule has 2 aromatic rings. The minimum atomic E-state index is -4.34. The number of aliphatic imine (C=N–C) groups is 1. The van der Waals surface area contributed by atoms with Gasteiger partial charge in [-0.05, 0) is 41.8 Å². The van der Waals surface area contributed by atoms with Crippen LogP contribution in [0, 0.1) is 6.92 Å². The molecular formula is C16H13F3N2. The van der Waals surface area contributed by atoms with Gasteiger partial charge in [-0.25, -0.2) is 0 Å². The second kappa shape index (κ2) is 4.98. The molecule has 0 saturated heterocycles. The van der Waals surface area contributed by atoms with Gasteiger partial charge in [-0.15, -0.1) is 0 Å². The first kappa shape index (κ1) is 13.8. The van der Waals surface area contributed by atoms with Crippen LogP contribution in [-0.4, -0.2) is 10.7 Å². The van der Waals surface area contributed by atoms with Crippen LogP contribution < -0.4 is 0 Å². The second-order valence-corrected chi connectivity index (χ2v) is 5.20. The predicted molar refractivity (Wildman–Crippen MR) is 74.9 cm³/mol. The third-order valence-corrected chi connectivity index (χ3v) is 3.47. The van der Waals surface area contributed by atoms with Gasteiger partial charge in [0.2, 0.25) is 0 Å². The van der Waals surface area contributed by atoms with Crippen molar-refractivity contribution < 1.29 is 13.2 Å². The van der Waals surface area contributed by atoms with Crippen molar-refractivity contribution in [3.63, 3.8) is 0 Å². The first-order valence-electron chi connectivity index (χ1n) is 6.59. The lowest BCUT2D eigenvalue weighted by molar-refractivity contribution is -0.138. The summed E-state index contributed by atoms with van der Waals surface area (Å²) in [6, 6.07) is 6.61. The van der Waals surface area contributed by atoms with E-state index in [1.165, 1.54) is 6.07 Å². The molecule has 0 atom stereocenters. The van der Waals surface area contributed by atoms with Crippen molar-refractivity contribution >= 4 is 11.4 Å². The quantitative estimate of drug-likeness (QED) is 0.810. The van der Waals surface area contributed by atoms with Crippen molar-refractivity contribution in [2.45, 2.75) is 25.9 Å². The second-order valence-electron chi connectivity index (χ2n) is 5.20. The number of hydrogen-bond acceptors (Lipinski definition) is 2. The van der Waals surface area contributed by atoms with E-state index in [1.807, 2.05) is 12.1 Å². The van der Waals surface area contributed by atoms with Crippen molar-refractivity contribution in [3.8, 4) is 0 Å². The van der Waals surface area contributed by atoms with Crippen LogP contribution in [0.15, 0.2) is 41.7 Å². The summed E-state index contributed by atoms with van der Waals surface area (Å²) in [5, 5.41) is 0. The smallest absolute Gasteiger partial charge is 0.264 e. The van der Waals surface area contributed by atoms with Crippen molar-refractivity contribution in [2.24, 2.45) is 4.99 Å². The molecule has 5 heteroatoms. The summed E-state index contributed by atoms with van der Waals surface area (Å²) in [6.07, 6.45) is -0.186. The van der Waals surface area contributed by atoms with Gasteiger partial charge < -0.3 is 0 Å². The highest BCUT2D eigenvalue weighted by Gasteiger charge is 2.36. The molecule has 108 valence electrons. The zero-order valence-corrected chi connectivity index (χ0v) is 11.4. The molecule has 0 bridgehead atoms. The number of hydrogen-bond donors (Lipinski definition) is 0. The maximum Gasteiger partial charge on any atom is 0.416 e. The summed E-state index contributed by atoms with van der Waals surface area (Å²) >= 11 is 0. The van der Waals surface area contributed by atoms with Crippen LogP contribution in [0.3, 0.4) is 0 Å². The lowest BCUT2D eigenvalue weighted by Gasteiger charge is -2.12. The molecule has 0 unspecified atom stereocenters. The summed E-state index contributed by atoms with van der Waals surface area (Å²) in [7, 11) is 0. The van der Waals surface area contributed by atoms with E-state index in [4.69, 9.17) is 0 Å². The van der Waals surface area contributed by atoms with Crippen molar-refractivity contribution in [3.05, 3.63) is 58.9 Å². The molecule has 0 spiro atoms. The number of aryl methyl sites for hydroxylation is 1. The van der Waals surface area contributed by atoms with Crippen LogP contribution in [0.5, 0.6) is 0 Å².